The maximum absolute atomic E-state index is 12.1. The van der Waals surface area contributed by atoms with Crippen LogP contribution in [0.3, 0.4) is 0 Å². The average Bonchev–Trinajstić information content (AvgIpc) is 2.90. The van der Waals surface area contributed by atoms with Crippen molar-refractivity contribution in [2.75, 3.05) is 25.0 Å². The first-order valence-electron chi connectivity index (χ1n) is 7.76. The Hall–Kier alpha value is -1.26. The van der Waals surface area contributed by atoms with Gasteiger partial charge in [0.2, 0.25) is 5.91 Å². The highest BCUT2D eigenvalue weighted by atomic mass is 35.5. The summed E-state index contributed by atoms with van der Waals surface area (Å²) in [5.41, 5.74) is 0.806. The first-order chi connectivity index (χ1) is 10.2. The number of hydrogen-bond acceptors (Lipinski definition) is 3. The van der Waals surface area contributed by atoms with Crippen LogP contribution in [0.25, 0.3) is 0 Å². The third-order valence-corrected chi connectivity index (χ3v) is 4.85. The standard InChI is InChI=1S/C16H22ClN3O/c17-12-5-1-2-6-13(12)18-11-16(21)19-14-8-10-20-9-4-3-7-15(14)20/h1-2,5-6,14-15,18H,3-4,7-11H2,(H,19,21)/t14-,15+/m1/s1. The van der Waals surface area contributed by atoms with Crippen LogP contribution in [0.4, 0.5) is 5.69 Å². The third kappa shape index (κ3) is 3.50. The van der Waals surface area contributed by atoms with Crippen molar-refractivity contribution in [2.24, 2.45) is 0 Å². The summed E-state index contributed by atoms with van der Waals surface area (Å²) in [5, 5.41) is 6.93. The van der Waals surface area contributed by atoms with Gasteiger partial charge in [-0.25, -0.2) is 0 Å². The van der Waals surface area contributed by atoms with E-state index in [2.05, 4.69) is 15.5 Å². The van der Waals surface area contributed by atoms with Gasteiger partial charge in [0.1, 0.15) is 0 Å². The Morgan fingerprint density at radius 2 is 2.10 bits per heavy atom. The fourth-order valence-corrected chi connectivity index (χ4v) is 3.66. The summed E-state index contributed by atoms with van der Waals surface area (Å²) in [6, 6.07) is 8.34. The molecule has 4 nitrogen and oxygen atoms in total. The number of carbonyl (C=O) groups excluding carboxylic acids is 1. The molecule has 114 valence electrons. The highest BCUT2D eigenvalue weighted by Crippen LogP contribution is 2.27. The molecule has 2 fully saturated rings. The van der Waals surface area contributed by atoms with Gasteiger partial charge in [0, 0.05) is 18.6 Å². The number of piperidine rings is 1. The second-order valence-electron chi connectivity index (χ2n) is 5.90. The van der Waals surface area contributed by atoms with Gasteiger partial charge < -0.3 is 10.6 Å². The van der Waals surface area contributed by atoms with Crippen molar-refractivity contribution < 1.29 is 4.79 Å². The Balaban J connectivity index is 1.49. The fraction of sp³-hybridized carbons (Fsp3) is 0.562. The number of carbonyl (C=O) groups is 1. The molecule has 0 bridgehead atoms. The Kier molecular flexibility index (Phi) is 4.66. The predicted octanol–water partition coefficient (Wildman–Crippen LogP) is 2.49. The van der Waals surface area contributed by atoms with Gasteiger partial charge in [-0.05, 0) is 37.9 Å². The monoisotopic (exact) mass is 307 g/mol. The summed E-state index contributed by atoms with van der Waals surface area (Å²) in [4.78, 5) is 14.6. The number of rotatable bonds is 4. The van der Waals surface area contributed by atoms with E-state index in [1.54, 1.807) is 0 Å². The van der Waals surface area contributed by atoms with Crippen molar-refractivity contribution >= 4 is 23.2 Å². The summed E-state index contributed by atoms with van der Waals surface area (Å²) in [7, 11) is 0. The topological polar surface area (TPSA) is 44.4 Å². The highest BCUT2D eigenvalue weighted by molar-refractivity contribution is 6.33. The first kappa shape index (κ1) is 14.7. The van der Waals surface area contributed by atoms with Gasteiger partial charge in [-0.15, -0.1) is 0 Å². The van der Waals surface area contributed by atoms with Crippen molar-refractivity contribution in [3.8, 4) is 0 Å². The fourth-order valence-electron chi connectivity index (χ4n) is 3.45. The Bertz CT molecular complexity index is 508. The zero-order chi connectivity index (χ0) is 14.7. The molecule has 0 unspecified atom stereocenters. The average molecular weight is 308 g/mol. The van der Waals surface area contributed by atoms with Crippen LogP contribution in [0.2, 0.25) is 5.02 Å². The normalized spacial score (nSPS) is 25.4. The minimum Gasteiger partial charge on any atom is -0.375 e. The smallest absolute Gasteiger partial charge is 0.239 e. The number of halogens is 1. The molecule has 0 spiro atoms. The van der Waals surface area contributed by atoms with E-state index < -0.39 is 0 Å². The van der Waals surface area contributed by atoms with Gasteiger partial charge in [-0.1, -0.05) is 30.2 Å². The molecule has 1 aromatic rings. The molecule has 2 saturated heterocycles. The van der Waals surface area contributed by atoms with Crippen molar-refractivity contribution in [3.05, 3.63) is 29.3 Å². The van der Waals surface area contributed by atoms with E-state index in [-0.39, 0.29) is 12.5 Å². The Morgan fingerprint density at radius 1 is 1.24 bits per heavy atom. The zero-order valence-corrected chi connectivity index (χ0v) is 12.9. The largest absolute Gasteiger partial charge is 0.375 e. The third-order valence-electron chi connectivity index (χ3n) is 4.52. The summed E-state index contributed by atoms with van der Waals surface area (Å²) in [6.45, 7) is 2.58. The maximum Gasteiger partial charge on any atom is 0.239 e. The molecule has 1 aromatic carbocycles. The molecular weight excluding hydrogens is 286 g/mol. The van der Waals surface area contributed by atoms with E-state index >= 15 is 0 Å². The lowest BCUT2D eigenvalue weighted by Gasteiger charge is -2.32. The number of nitrogens with one attached hydrogen (secondary N) is 2. The maximum atomic E-state index is 12.1. The molecule has 5 heteroatoms. The van der Waals surface area contributed by atoms with E-state index in [1.807, 2.05) is 24.3 Å². The predicted molar refractivity (Wildman–Crippen MR) is 85.7 cm³/mol. The van der Waals surface area contributed by atoms with E-state index in [0.717, 1.165) is 18.7 Å². The summed E-state index contributed by atoms with van der Waals surface area (Å²) < 4.78 is 0. The van der Waals surface area contributed by atoms with Gasteiger partial charge in [-0.2, -0.15) is 0 Å². The Morgan fingerprint density at radius 3 is 2.95 bits per heavy atom. The molecular formula is C16H22ClN3O. The highest BCUT2D eigenvalue weighted by Gasteiger charge is 2.35. The number of fused-ring (bicyclic) bond motifs is 1. The molecule has 21 heavy (non-hydrogen) atoms. The van der Waals surface area contributed by atoms with Crippen LogP contribution in [0, 0.1) is 0 Å². The lowest BCUT2D eigenvalue weighted by molar-refractivity contribution is -0.120. The SMILES string of the molecule is O=C(CNc1ccccc1Cl)N[C@@H]1CCN2CCCC[C@@H]12. The van der Waals surface area contributed by atoms with Crippen LogP contribution < -0.4 is 10.6 Å². The Labute approximate surface area is 130 Å². The van der Waals surface area contributed by atoms with E-state index in [9.17, 15) is 4.79 Å². The van der Waals surface area contributed by atoms with Crippen LogP contribution >= 0.6 is 11.6 Å². The van der Waals surface area contributed by atoms with Gasteiger partial charge in [0.25, 0.3) is 0 Å². The van der Waals surface area contributed by atoms with Crippen molar-refractivity contribution in [1.29, 1.82) is 0 Å². The number of hydrogen-bond donors (Lipinski definition) is 2. The molecule has 2 aliphatic rings. The minimum absolute atomic E-state index is 0.0485. The molecule has 0 saturated carbocycles. The minimum atomic E-state index is 0.0485. The van der Waals surface area contributed by atoms with E-state index in [4.69, 9.17) is 11.6 Å². The molecule has 0 radical (unpaired) electrons. The van der Waals surface area contributed by atoms with Gasteiger partial charge in [0.15, 0.2) is 0 Å². The molecule has 1 amide bonds. The van der Waals surface area contributed by atoms with Gasteiger partial charge in [0.05, 0.1) is 17.3 Å². The summed E-state index contributed by atoms with van der Waals surface area (Å²) in [6.07, 6.45) is 4.86. The van der Waals surface area contributed by atoms with Crippen LogP contribution in [0.15, 0.2) is 24.3 Å². The van der Waals surface area contributed by atoms with Gasteiger partial charge in [-0.3, -0.25) is 9.69 Å². The summed E-state index contributed by atoms with van der Waals surface area (Å²) in [5.74, 6) is 0.0485. The molecule has 2 aliphatic heterocycles. The molecule has 2 atom stereocenters. The second kappa shape index (κ2) is 6.67. The van der Waals surface area contributed by atoms with Crippen LogP contribution in [-0.4, -0.2) is 42.5 Å². The number of benzene rings is 1. The zero-order valence-electron chi connectivity index (χ0n) is 12.1. The molecule has 0 aliphatic carbocycles. The second-order valence-corrected chi connectivity index (χ2v) is 6.30. The van der Waals surface area contributed by atoms with E-state index in [1.165, 1.54) is 25.8 Å². The van der Waals surface area contributed by atoms with Crippen LogP contribution in [0.5, 0.6) is 0 Å². The number of anilines is 1. The summed E-state index contributed by atoms with van der Waals surface area (Å²) >= 11 is 6.07. The van der Waals surface area contributed by atoms with Gasteiger partial charge >= 0.3 is 0 Å². The lowest BCUT2D eigenvalue weighted by Crippen LogP contribution is -2.48. The molecule has 0 aromatic heterocycles. The van der Waals surface area contributed by atoms with Crippen LogP contribution in [-0.2, 0) is 4.79 Å². The number of nitrogens with zero attached hydrogens (tertiary/aromatic N) is 1. The molecule has 2 heterocycles. The molecule has 2 N–H and O–H groups in total. The molecule has 3 rings (SSSR count). The van der Waals surface area contributed by atoms with Crippen molar-refractivity contribution in [2.45, 2.75) is 37.8 Å². The van der Waals surface area contributed by atoms with E-state index in [0.29, 0.717) is 17.1 Å². The van der Waals surface area contributed by atoms with Crippen LogP contribution in [0.1, 0.15) is 25.7 Å². The first-order valence-corrected chi connectivity index (χ1v) is 8.13. The van der Waals surface area contributed by atoms with Crippen molar-refractivity contribution in [3.63, 3.8) is 0 Å². The number of para-hydroxylation sites is 1. The van der Waals surface area contributed by atoms with Crippen molar-refractivity contribution in [1.82, 2.24) is 10.2 Å². The number of amides is 1. The quantitative estimate of drug-likeness (QED) is 0.898. The lowest BCUT2D eigenvalue weighted by atomic mass is 9.99.